The van der Waals surface area contributed by atoms with Crippen molar-refractivity contribution in [2.45, 2.75) is 32.2 Å². The molecule has 2 unspecified atom stereocenters. The normalized spacial score (nSPS) is 27.2. The first kappa shape index (κ1) is 12.9. The molecule has 1 fully saturated rings. The van der Waals surface area contributed by atoms with E-state index in [4.69, 9.17) is 5.73 Å². The van der Waals surface area contributed by atoms with Crippen LogP contribution in [0.5, 0.6) is 0 Å². The molecular formula is C12H27N3. The first-order chi connectivity index (χ1) is 7.01. The highest BCUT2D eigenvalue weighted by atomic mass is 15.2. The van der Waals surface area contributed by atoms with E-state index in [0.29, 0.717) is 0 Å². The molecule has 1 saturated heterocycles. The van der Waals surface area contributed by atoms with Crippen LogP contribution >= 0.6 is 0 Å². The Balaban J connectivity index is 2.43. The fourth-order valence-corrected chi connectivity index (χ4v) is 2.35. The standard InChI is InChI=1S/C12H27N3/c1-5-12(2,10-13)15(4)9-11-6-7-14(3)8-11/h11H,5-10,13H2,1-4H3. The maximum absolute atomic E-state index is 5.87. The Kier molecular flexibility index (Phi) is 4.56. The lowest BCUT2D eigenvalue weighted by Gasteiger charge is -2.38. The predicted octanol–water partition coefficient (Wildman–Crippen LogP) is 0.997. The third-order valence-corrected chi connectivity index (χ3v) is 4.14. The lowest BCUT2D eigenvalue weighted by Crippen LogP contribution is -2.50. The van der Waals surface area contributed by atoms with Crippen LogP contribution in [-0.2, 0) is 0 Å². The largest absolute Gasteiger partial charge is 0.329 e. The van der Waals surface area contributed by atoms with Crippen LogP contribution in [0, 0.1) is 5.92 Å². The van der Waals surface area contributed by atoms with Crippen molar-refractivity contribution in [3.8, 4) is 0 Å². The van der Waals surface area contributed by atoms with Crippen molar-refractivity contribution in [2.24, 2.45) is 11.7 Å². The van der Waals surface area contributed by atoms with E-state index in [1.165, 1.54) is 26.1 Å². The van der Waals surface area contributed by atoms with E-state index in [0.717, 1.165) is 18.9 Å². The molecule has 1 rings (SSSR count). The maximum atomic E-state index is 5.87. The highest BCUT2D eigenvalue weighted by Crippen LogP contribution is 2.21. The zero-order valence-corrected chi connectivity index (χ0v) is 10.8. The molecule has 3 heteroatoms. The van der Waals surface area contributed by atoms with Crippen molar-refractivity contribution < 1.29 is 0 Å². The summed E-state index contributed by atoms with van der Waals surface area (Å²) in [5.74, 6) is 0.831. The Morgan fingerprint density at radius 3 is 2.60 bits per heavy atom. The van der Waals surface area contributed by atoms with Gasteiger partial charge in [-0.25, -0.2) is 0 Å². The van der Waals surface area contributed by atoms with Gasteiger partial charge < -0.3 is 10.6 Å². The molecule has 90 valence electrons. The van der Waals surface area contributed by atoms with Gasteiger partial charge in [-0.15, -0.1) is 0 Å². The second-order valence-electron chi connectivity index (χ2n) is 5.35. The van der Waals surface area contributed by atoms with Crippen LogP contribution in [-0.4, -0.2) is 55.6 Å². The summed E-state index contributed by atoms with van der Waals surface area (Å²) in [5.41, 5.74) is 6.05. The van der Waals surface area contributed by atoms with Gasteiger partial charge in [0.15, 0.2) is 0 Å². The van der Waals surface area contributed by atoms with Crippen LogP contribution in [0.3, 0.4) is 0 Å². The Morgan fingerprint density at radius 2 is 2.20 bits per heavy atom. The number of hydrogen-bond acceptors (Lipinski definition) is 3. The van der Waals surface area contributed by atoms with Crippen LogP contribution in [0.2, 0.25) is 0 Å². The summed E-state index contributed by atoms with van der Waals surface area (Å²) in [6.07, 6.45) is 2.47. The van der Waals surface area contributed by atoms with Crippen LogP contribution in [0.15, 0.2) is 0 Å². The number of hydrogen-bond donors (Lipinski definition) is 1. The van der Waals surface area contributed by atoms with Gasteiger partial charge >= 0.3 is 0 Å². The quantitative estimate of drug-likeness (QED) is 0.739. The molecule has 0 aromatic rings. The van der Waals surface area contributed by atoms with Crippen LogP contribution in [0.25, 0.3) is 0 Å². The van der Waals surface area contributed by atoms with Gasteiger partial charge in [0.1, 0.15) is 0 Å². The molecule has 1 aliphatic rings. The molecule has 0 aromatic carbocycles. The monoisotopic (exact) mass is 213 g/mol. The molecule has 0 aliphatic carbocycles. The van der Waals surface area contributed by atoms with Crippen molar-refractivity contribution in [3.05, 3.63) is 0 Å². The van der Waals surface area contributed by atoms with Crippen LogP contribution in [0.1, 0.15) is 26.7 Å². The van der Waals surface area contributed by atoms with E-state index in [9.17, 15) is 0 Å². The molecule has 0 saturated carbocycles. The first-order valence-electron chi connectivity index (χ1n) is 6.11. The minimum atomic E-state index is 0.182. The summed E-state index contributed by atoms with van der Waals surface area (Å²) in [6.45, 7) is 8.93. The third kappa shape index (κ3) is 3.16. The fourth-order valence-electron chi connectivity index (χ4n) is 2.35. The first-order valence-corrected chi connectivity index (χ1v) is 6.11. The molecule has 0 bridgehead atoms. The van der Waals surface area contributed by atoms with Crippen molar-refractivity contribution in [3.63, 3.8) is 0 Å². The van der Waals surface area contributed by atoms with E-state index >= 15 is 0 Å². The maximum Gasteiger partial charge on any atom is 0.0298 e. The molecule has 3 nitrogen and oxygen atoms in total. The molecule has 0 aromatic heterocycles. The molecule has 2 atom stereocenters. The van der Waals surface area contributed by atoms with Gasteiger partial charge in [-0.2, -0.15) is 0 Å². The Labute approximate surface area is 94.6 Å². The average molecular weight is 213 g/mol. The second-order valence-corrected chi connectivity index (χ2v) is 5.35. The number of nitrogens with zero attached hydrogens (tertiary/aromatic N) is 2. The zero-order chi connectivity index (χ0) is 11.5. The molecule has 0 radical (unpaired) electrons. The average Bonchev–Trinajstić information content (AvgIpc) is 2.62. The number of likely N-dealkylation sites (tertiary alicyclic amines) is 1. The van der Waals surface area contributed by atoms with Gasteiger partial charge in [0.2, 0.25) is 0 Å². The molecule has 2 N–H and O–H groups in total. The summed E-state index contributed by atoms with van der Waals surface area (Å²) in [5, 5.41) is 0. The van der Waals surface area contributed by atoms with E-state index < -0.39 is 0 Å². The summed E-state index contributed by atoms with van der Waals surface area (Å²) >= 11 is 0. The van der Waals surface area contributed by atoms with Gasteiger partial charge in [0, 0.05) is 25.2 Å². The van der Waals surface area contributed by atoms with Crippen molar-refractivity contribution in [1.29, 1.82) is 0 Å². The van der Waals surface area contributed by atoms with Crippen molar-refractivity contribution >= 4 is 0 Å². The number of rotatable bonds is 5. The summed E-state index contributed by atoms with van der Waals surface area (Å²) < 4.78 is 0. The van der Waals surface area contributed by atoms with Gasteiger partial charge in [0.25, 0.3) is 0 Å². The third-order valence-electron chi connectivity index (χ3n) is 4.14. The molecular weight excluding hydrogens is 186 g/mol. The zero-order valence-electron chi connectivity index (χ0n) is 10.8. The lowest BCUT2D eigenvalue weighted by atomic mass is 9.95. The van der Waals surface area contributed by atoms with Gasteiger partial charge in [-0.1, -0.05) is 6.92 Å². The topological polar surface area (TPSA) is 32.5 Å². The molecule has 1 aliphatic heterocycles. The van der Waals surface area contributed by atoms with E-state index in [1.807, 2.05) is 0 Å². The minimum absolute atomic E-state index is 0.182. The lowest BCUT2D eigenvalue weighted by molar-refractivity contribution is 0.119. The summed E-state index contributed by atoms with van der Waals surface area (Å²) in [7, 11) is 4.43. The highest BCUT2D eigenvalue weighted by Gasteiger charge is 2.29. The molecule has 15 heavy (non-hydrogen) atoms. The molecule has 0 amide bonds. The fraction of sp³-hybridized carbons (Fsp3) is 1.00. The number of nitrogens with two attached hydrogens (primary N) is 1. The Hall–Kier alpha value is -0.120. The highest BCUT2D eigenvalue weighted by molar-refractivity contribution is 4.86. The number of likely N-dealkylation sites (N-methyl/N-ethyl adjacent to an activating group) is 1. The predicted molar refractivity (Wildman–Crippen MR) is 66.0 cm³/mol. The van der Waals surface area contributed by atoms with Gasteiger partial charge in [-0.05, 0) is 46.3 Å². The van der Waals surface area contributed by atoms with Gasteiger partial charge in [0.05, 0.1) is 0 Å². The summed E-state index contributed by atoms with van der Waals surface area (Å²) in [4.78, 5) is 4.88. The molecule has 1 heterocycles. The van der Waals surface area contributed by atoms with Crippen LogP contribution < -0.4 is 5.73 Å². The van der Waals surface area contributed by atoms with Crippen molar-refractivity contribution in [2.75, 3.05) is 40.3 Å². The second kappa shape index (κ2) is 5.28. The molecule has 0 spiro atoms. The smallest absolute Gasteiger partial charge is 0.0298 e. The Bertz CT molecular complexity index is 189. The minimum Gasteiger partial charge on any atom is -0.329 e. The summed E-state index contributed by atoms with van der Waals surface area (Å²) in [6, 6.07) is 0. The van der Waals surface area contributed by atoms with E-state index in [1.54, 1.807) is 0 Å². The SMILES string of the molecule is CCC(C)(CN)N(C)CC1CCN(C)C1. The van der Waals surface area contributed by atoms with E-state index in [-0.39, 0.29) is 5.54 Å². The van der Waals surface area contributed by atoms with Crippen LogP contribution in [0.4, 0.5) is 0 Å². The Morgan fingerprint density at radius 1 is 1.53 bits per heavy atom. The van der Waals surface area contributed by atoms with E-state index in [2.05, 4.69) is 37.7 Å². The van der Waals surface area contributed by atoms with Gasteiger partial charge in [-0.3, -0.25) is 4.90 Å². The van der Waals surface area contributed by atoms with Crippen molar-refractivity contribution in [1.82, 2.24) is 9.80 Å².